The molecule has 0 radical (unpaired) electrons. The number of nitrogens with zero attached hydrogens (tertiary/aromatic N) is 3. The molecule has 18 heavy (non-hydrogen) atoms. The second-order valence-corrected chi connectivity index (χ2v) is 4.66. The van der Waals surface area contributed by atoms with Crippen molar-refractivity contribution in [3.05, 3.63) is 42.0 Å². The minimum atomic E-state index is 0.463. The van der Waals surface area contributed by atoms with Gasteiger partial charge in [-0.2, -0.15) is 5.10 Å². The molecule has 0 aromatic carbocycles. The minimum Gasteiger partial charge on any atom is -0.349 e. The summed E-state index contributed by atoms with van der Waals surface area (Å²) < 4.78 is 4.06. The Balaban J connectivity index is 2.05. The van der Waals surface area contributed by atoms with Crippen LogP contribution in [0.25, 0.3) is 0 Å². The summed E-state index contributed by atoms with van der Waals surface area (Å²) in [5.41, 5.74) is 2.60. The van der Waals surface area contributed by atoms with E-state index in [0.717, 1.165) is 19.5 Å². The summed E-state index contributed by atoms with van der Waals surface area (Å²) in [4.78, 5) is 0. The molecule has 0 aliphatic carbocycles. The molecule has 0 aliphatic heterocycles. The third-order valence-corrected chi connectivity index (χ3v) is 3.16. The Hall–Kier alpha value is -1.55. The van der Waals surface area contributed by atoms with Crippen LogP contribution in [-0.2, 0) is 13.6 Å². The van der Waals surface area contributed by atoms with E-state index in [9.17, 15) is 0 Å². The molecule has 2 aromatic rings. The fraction of sp³-hybridized carbons (Fsp3) is 0.500. The molecule has 0 saturated carbocycles. The number of aromatic nitrogens is 3. The Morgan fingerprint density at radius 3 is 2.78 bits per heavy atom. The third-order valence-electron chi connectivity index (χ3n) is 3.16. The van der Waals surface area contributed by atoms with Gasteiger partial charge in [0.1, 0.15) is 0 Å². The number of aryl methyl sites for hydroxylation is 1. The first-order valence-corrected chi connectivity index (χ1v) is 6.59. The normalized spacial score (nSPS) is 12.8. The molecule has 2 aromatic heterocycles. The van der Waals surface area contributed by atoms with Gasteiger partial charge in [0.25, 0.3) is 0 Å². The Morgan fingerprint density at radius 1 is 1.33 bits per heavy atom. The van der Waals surface area contributed by atoms with Crippen LogP contribution in [-0.4, -0.2) is 20.9 Å². The molecule has 2 heterocycles. The highest BCUT2D eigenvalue weighted by molar-refractivity contribution is 5.17. The average Bonchev–Trinajstić information content (AvgIpc) is 2.96. The van der Waals surface area contributed by atoms with Gasteiger partial charge >= 0.3 is 0 Å². The molecule has 0 fully saturated rings. The zero-order valence-corrected chi connectivity index (χ0v) is 11.4. The van der Waals surface area contributed by atoms with Gasteiger partial charge in [-0.3, -0.25) is 4.68 Å². The van der Waals surface area contributed by atoms with Gasteiger partial charge < -0.3 is 9.88 Å². The molecule has 4 nitrogen and oxygen atoms in total. The lowest BCUT2D eigenvalue weighted by atomic mass is 10.1. The predicted molar refractivity (Wildman–Crippen MR) is 73.5 cm³/mol. The van der Waals surface area contributed by atoms with Crippen molar-refractivity contribution in [3.63, 3.8) is 0 Å². The molecular weight excluding hydrogens is 224 g/mol. The van der Waals surface area contributed by atoms with Gasteiger partial charge in [-0.1, -0.05) is 13.8 Å². The minimum absolute atomic E-state index is 0.463. The molecule has 1 atom stereocenters. The van der Waals surface area contributed by atoms with E-state index in [2.05, 4.69) is 53.5 Å². The standard InChI is InChI=1S/C14H22N4/c1-4-14(15-5-2)13-6-7-18(11-13)10-12-8-16-17(3)9-12/h6-9,11,14-15H,4-5,10H2,1-3H3. The Morgan fingerprint density at radius 2 is 2.17 bits per heavy atom. The van der Waals surface area contributed by atoms with Crippen molar-refractivity contribution >= 4 is 0 Å². The van der Waals surface area contributed by atoms with E-state index in [0.29, 0.717) is 6.04 Å². The molecule has 1 N–H and O–H groups in total. The highest BCUT2D eigenvalue weighted by Gasteiger charge is 2.09. The van der Waals surface area contributed by atoms with Crippen LogP contribution in [0.1, 0.15) is 37.4 Å². The third kappa shape index (κ3) is 3.01. The highest BCUT2D eigenvalue weighted by atomic mass is 15.2. The van der Waals surface area contributed by atoms with Gasteiger partial charge in [-0.25, -0.2) is 0 Å². The highest BCUT2D eigenvalue weighted by Crippen LogP contribution is 2.17. The van der Waals surface area contributed by atoms with Crippen molar-refractivity contribution in [1.29, 1.82) is 0 Å². The molecule has 0 spiro atoms. The molecule has 0 bridgehead atoms. The first kappa shape index (κ1) is 12.9. The second kappa shape index (κ2) is 5.87. The first-order valence-electron chi connectivity index (χ1n) is 6.59. The van der Waals surface area contributed by atoms with Gasteiger partial charge in [0.05, 0.1) is 12.7 Å². The quantitative estimate of drug-likeness (QED) is 0.849. The summed E-state index contributed by atoms with van der Waals surface area (Å²) in [6, 6.07) is 2.66. The Kier molecular flexibility index (Phi) is 4.20. The van der Waals surface area contributed by atoms with Crippen molar-refractivity contribution in [1.82, 2.24) is 19.7 Å². The fourth-order valence-electron chi connectivity index (χ4n) is 2.27. The van der Waals surface area contributed by atoms with Gasteiger partial charge in [-0.15, -0.1) is 0 Å². The van der Waals surface area contributed by atoms with Crippen molar-refractivity contribution in [2.45, 2.75) is 32.9 Å². The number of hydrogen-bond acceptors (Lipinski definition) is 2. The summed E-state index contributed by atoms with van der Waals surface area (Å²) in [5, 5.41) is 7.69. The largest absolute Gasteiger partial charge is 0.349 e. The molecular formula is C14H22N4. The fourth-order valence-corrected chi connectivity index (χ4v) is 2.27. The number of hydrogen-bond donors (Lipinski definition) is 1. The maximum atomic E-state index is 4.19. The van der Waals surface area contributed by atoms with Gasteiger partial charge in [-0.05, 0) is 24.6 Å². The summed E-state index contributed by atoms with van der Waals surface area (Å²) in [6.07, 6.45) is 9.46. The molecule has 98 valence electrons. The zero-order valence-electron chi connectivity index (χ0n) is 11.4. The van der Waals surface area contributed by atoms with Crippen LogP contribution in [0.2, 0.25) is 0 Å². The first-order chi connectivity index (χ1) is 8.72. The lowest BCUT2D eigenvalue weighted by molar-refractivity contribution is 0.536. The van der Waals surface area contributed by atoms with E-state index in [1.165, 1.54) is 11.1 Å². The van der Waals surface area contributed by atoms with Crippen LogP contribution < -0.4 is 5.32 Å². The van der Waals surface area contributed by atoms with Crippen molar-refractivity contribution in [3.8, 4) is 0 Å². The average molecular weight is 246 g/mol. The van der Waals surface area contributed by atoms with Crippen LogP contribution in [0.4, 0.5) is 0 Å². The number of rotatable bonds is 6. The Bertz CT molecular complexity index is 483. The van der Waals surface area contributed by atoms with Crippen molar-refractivity contribution in [2.24, 2.45) is 7.05 Å². The molecule has 0 amide bonds. The molecule has 1 unspecified atom stereocenters. The lowest BCUT2D eigenvalue weighted by Gasteiger charge is -2.13. The lowest BCUT2D eigenvalue weighted by Crippen LogP contribution is -2.19. The van der Waals surface area contributed by atoms with Gasteiger partial charge in [0.15, 0.2) is 0 Å². The van der Waals surface area contributed by atoms with Crippen LogP contribution in [0.3, 0.4) is 0 Å². The Labute approximate surface area is 109 Å². The van der Waals surface area contributed by atoms with E-state index in [1.807, 2.05) is 17.9 Å². The summed E-state index contributed by atoms with van der Waals surface area (Å²) in [7, 11) is 1.95. The van der Waals surface area contributed by atoms with Gasteiger partial charge in [0, 0.05) is 37.2 Å². The van der Waals surface area contributed by atoms with E-state index in [4.69, 9.17) is 0 Å². The predicted octanol–water partition coefficient (Wildman–Crippen LogP) is 2.33. The van der Waals surface area contributed by atoms with Crippen molar-refractivity contribution < 1.29 is 0 Å². The van der Waals surface area contributed by atoms with E-state index >= 15 is 0 Å². The topological polar surface area (TPSA) is 34.8 Å². The molecule has 0 saturated heterocycles. The maximum Gasteiger partial charge on any atom is 0.0539 e. The zero-order chi connectivity index (χ0) is 13.0. The van der Waals surface area contributed by atoms with Gasteiger partial charge in [0.2, 0.25) is 0 Å². The monoisotopic (exact) mass is 246 g/mol. The molecule has 4 heteroatoms. The van der Waals surface area contributed by atoms with Crippen LogP contribution in [0.5, 0.6) is 0 Å². The van der Waals surface area contributed by atoms with Crippen LogP contribution >= 0.6 is 0 Å². The molecule has 0 aliphatic rings. The van der Waals surface area contributed by atoms with Crippen LogP contribution in [0, 0.1) is 0 Å². The van der Waals surface area contributed by atoms with E-state index < -0.39 is 0 Å². The van der Waals surface area contributed by atoms with Crippen LogP contribution in [0.15, 0.2) is 30.9 Å². The maximum absolute atomic E-state index is 4.19. The van der Waals surface area contributed by atoms with Crippen molar-refractivity contribution in [2.75, 3.05) is 6.54 Å². The van der Waals surface area contributed by atoms with E-state index in [1.54, 1.807) is 0 Å². The smallest absolute Gasteiger partial charge is 0.0539 e. The number of nitrogens with one attached hydrogen (secondary N) is 1. The summed E-state index contributed by atoms with van der Waals surface area (Å²) in [5.74, 6) is 0. The summed E-state index contributed by atoms with van der Waals surface area (Å²) in [6.45, 7) is 6.25. The second-order valence-electron chi connectivity index (χ2n) is 4.66. The summed E-state index contributed by atoms with van der Waals surface area (Å²) >= 11 is 0. The molecule has 2 rings (SSSR count). The van der Waals surface area contributed by atoms with E-state index in [-0.39, 0.29) is 0 Å². The SMILES string of the molecule is CCNC(CC)c1ccn(Cc2cnn(C)c2)c1.